The van der Waals surface area contributed by atoms with Gasteiger partial charge in [-0.25, -0.2) is 13.8 Å². The lowest BCUT2D eigenvalue weighted by molar-refractivity contribution is 0.00578. The fraction of sp³-hybridized carbons (Fsp3) is 0.615. The molecule has 0 aliphatic carbocycles. The standard InChI is InChI=1S/C13H19BF2N2O2/c1-12(2)13(3,4)20-14(19-12)9-7-18-11(17)6-8(9)5-10(15)16/h6-7,10H,5H2,1-4H3,(H2,17,18). The van der Waals surface area contributed by atoms with Gasteiger partial charge in [-0.15, -0.1) is 0 Å². The molecule has 0 bridgehead atoms. The highest BCUT2D eigenvalue weighted by Crippen LogP contribution is 2.36. The third kappa shape index (κ3) is 2.78. The van der Waals surface area contributed by atoms with Crippen LogP contribution in [0.4, 0.5) is 14.6 Å². The molecule has 7 heteroatoms. The maximum atomic E-state index is 12.7. The Kier molecular flexibility index (Phi) is 3.77. The second-order valence-corrected chi connectivity index (χ2v) is 5.99. The van der Waals surface area contributed by atoms with Crippen molar-refractivity contribution < 1.29 is 18.1 Å². The van der Waals surface area contributed by atoms with E-state index in [1.54, 1.807) is 0 Å². The molecule has 1 aromatic heterocycles. The Labute approximate surface area is 117 Å². The van der Waals surface area contributed by atoms with E-state index in [2.05, 4.69) is 4.98 Å². The van der Waals surface area contributed by atoms with Gasteiger partial charge in [0.05, 0.1) is 11.2 Å². The summed E-state index contributed by atoms with van der Waals surface area (Å²) in [6.07, 6.45) is -1.40. The molecule has 0 amide bonds. The van der Waals surface area contributed by atoms with Crippen LogP contribution in [0.1, 0.15) is 33.3 Å². The maximum Gasteiger partial charge on any atom is 0.496 e. The van der Waals surface area contributed by atoms with Gasteiger partial charge in [0.15, 0.2) is 0 Å². The van der Waals surface area contributed by atoms with Crippen LogP contribution < -0.4 is 11.2 Å². The average molecular weight is 284 g/mol. The number of rotatable bonds is 3. The van der Waals surface area contributed by atoms with E-state index in [4.69, 9.17) is 15.0 Å². The molecule has 1 aromatic rings. The second-order valence-electron chi connectivity index (χ2n) is 5.99. The van der Waals surface area contributed by atoms with Crippen LogP contribution in [0.15, 0.2) is 12.3 Å². The summed E-state index contributed by atoms with van der Waals surface area (Å²) in [4.78, 5) is 3.96. The summed E-state index contributed by atoms with van der Waals surface area (Å²) in [5.41, 5.74) is 5.44. The van der Waals surface area contributed by atoms with Crippen molar-refractivity contribution in [2.75, 3.05) is 5.73 Å². The molecule has 1 aliphatic heterocycles. The molecule has 20 heavy (non-hydrogen) atoms. The van der Waals surface area contributed by atoms with Crippen molar-refractivity contribution in [1.29, 1.82) is 0 Å². The first-order valence-electron chi connectivity index (χ1n) is 6.50. The Morgan fingerprint density at radius 1 is 1.25 bits per heavy atom. The van der Waals surface area contributed by atoms with Crippen LogP contribution in [0, 0.1) is 0 Å². The Morgan fingerprint density at radius 2 is 1.80 bits per heavy atom. The summed E-state index contributed by atoms with van der Waals surface area (Å²) >= 11 is 0. The summed E-state index contributed by atoms with van der Waals surface area (Å²) in [5, 5.41) is 0. The lowest BCUT2D eigenvalue weighted by atomic mass is 9.76. The van der Waals surface area contributed by atoms with Gasteiger partial charge in [-0.2, -0.15) is 0 Å². The van der Waals surface area contributed by atoms with E-state index in [-0.39, 0.29) is 5.82 Å². The van der Waals surface area contributed by atoms with Crippen molar-refractivity contribution in [2.45, 2.75) is 51.7 Å². The number of alkyl halides is 2. The summed E-state index contributed by atoms with van der Waals surface area (Å²) < 4.78 is 37.1. The van der Waals surface area contributed by atoms with Crippen molar-refractivity contribution in [3.05, 3.63) is 17.8 Å². The number of pyridine rings is 1. The van der Waals surface area contributed by atoms with Crippen molar-refractivity contribution in [1.82, 2.24) is 4.98 Å². The minimum Gasteiger partial charge on any atom is -0.399 e. The van der Waals surface area contributed by atoms with E-state index in [9.17, 15) is 8.78 Å². The van der Waals surface area contributed by atoms with E-state index in [1.807, 2.05) is 27.7 Å². The molecule has 1 saturated heterocycles. The summed E-state index contributed by atoms with van der Waals surface area (Å²) in [6.45, 7) is 7.63. The van der Waals surface area contributed by atoms with E-state index in [0.717, 1.165) is 0 Å². The van der Waals surface area contributed by atoms with Crippen LogP contribution in [0.2, 0.25) is 0 Å². The van der Waals surface area contributed by atoms with Gasteiger partial charge < -0.3 is 15.0 Å². The van der Waals surface area contributed by atoms with Crippen LogP contribution in [0.25, 0.3) is 0 Å². The molecular formula is C13H19BF2N2O2. The molecule has 0 saturated carbocycles. The molecule has 4 nitrogen and oxygen atoms in total. The number of halogens is 2. The van der Waals surface area contributed by atoms with E-state index >= 15 is 0 Å². The number of aromatic nitrogens is 1. The van der Waals surface area contributed by atoms with Crippen LogP contribution in [0.3, 0.4) is 0 Å². The lowest BCUT2D eigenvalue weighted by Crippen LogP contribution is -2.41. The fourth-order valence-corrected chi connectivity index (χ4v) is 2.05. The minimum absolute atomic E-state index is 0.209. The Bertz CT molecular complexity index is 493. The molecule has 2 rings (SSSR count). The van der Waals surface area contributed by atoms with Gasteiger partial charge in [0, 0.05) is 18.1 Å². The predicted molar refractivity (Wildman–Crippen MR) is 74.1 cm³/mol. The van der Waals surface area contributed by atoms with Crippen molar-refractivity contribution in [2.24, 2.45) is 0 Å². The Morgan fingerprint density at radius 3 is 2.30 bits per heavy atom. The normalized spacial score (nSPS) is 20.6. The Balaban J connectivity index is 2.34. The first kappa shape index (κ1) is 15.2. The first-order valence-corrected chi connectivity index (χ1v) is 6.50. The number of nitrogens with two attached hydrogens (primary N) is 1. The molecule has 2 N–H and O–H groups in total. The largest absolute Gasteiger partial charge is 0.496 e. The third-order valence-electron chi connectivity index (χ3n) is 3.93. The number of nitrogen functional groups attached to an aromatic ring is 1. The highest BCUT2D eigenvalue weighted by atomic mass is 19.3. The van der Waals surface area contributed by atoms with Crippen LogP contribution >= 0.6 is 0 Å². The van der Waals surface area contributed by atoms with E-state index in [0.29, 0.717) is 11.0 Å². The Hall–Kier alpha value is -1.21. The summed E-state index contributed by atoms with van der Waals surface area (Å²) in [5.74, 6) is 0.209. The molecule has 2 heterocycles. The summed E-state index contributed by atoms with van der Waals surface area (Å²) in [7, 11) is -0.707. The van der Waals surface area contributed by atoms with Gasteiger partial charge in [0.25, 0.3) is 0 Å². The number of nitrogens with zero attached hydrogens (tertiary/aromatic N) is 1. The minimum atomic E-state index is -2.46. The van der Waals surface area contributed by atoms with Crippen LogP contribution in [-0.2, 0) is 15.7 Å². The smallest absolute Gasteiger partial charge is 0.399 e. The highest BCUT2D eigenvalue weighted by Gasteiger charge is 2.52. The van der Waals surface area contributed by atoms with Gasteiger partial charge in [-0.05, 0) is 39.3 Å². The fourth-order valence-electron chi connectivity index (χ4n) is 2.05. The number of hydrogen-bond donors (Lipinski definition) is 1. The van der Waals surface area contributed by atoms with Crippen molar-refractivity contribution in [3.63, 3.8) is 0 Å². The molecule has 110 valence electrons. The number of hydrogen-bond acceptors (Lipinski definition) is 4. The number of anilines is 1. The maximum absolute atomic E-state index is 12.7. The zero-order valence-corrected chi connectivity index (χ0v) is 12.1. The van der Waals surface area contributed by atoms with Crippen molar-refractivity contribution in [3.8, 4) is 0 Å². The van der Waals surface area contributed by atoms with Crippen molar-refractivity contribution >= 4 is 18.4 Å². The molecule has 0 aromatic carbocycles. The lowest BCUT2D eigenvalue weighted by Gasteiger charge is -2.32. The quantitative estimate of drug-likeness (QED) is 0.859. The first-order chi connectivity index (χ1) is 9.12. The molecule has 0 radical (unpaired) electrons. The molecule has 0 spiro atoms. The van der Waals surface area contributed by atoms with Gasteiger partial charge in [0.1, 0.15) is 5.82 Å². The predicted octanol–water partition coefficient (Wildman–Crippen LogP) is 1.77. The van der Waals surface area contributed by atoms with E-state index in [1.165, 1.54) is 12.3 Å². The van der Waals surface area contributed by atoms with Gasteiger partial charge in [-0.1, -0.05) is 0 Å². The van der Waals surface area contributed by atoms with Crippen LogP contribution in [-0.4, -0.2) is 29.7 Å². The van der Waals surface area contributed by atoms with Gasteiger partial charge in [0.2, 0.25) is 6.43 Å². The van der Waals surface area contributed by atoms with Gasteiger partial charge in [-0.3, -0.25) is 0 Å². The third-order valence-corrected chi connectivity index (χ3v) is 3.93. The molecule has 1 fully saturated rings. The van der Waals surface area contributed by atoms with Crippen LogP contribution in [0.5, 0.6) is 0 Å². The molecule has 0 atom stereocenters. The zero-order chi connectivity index (χ0) is 15.1. The highest BCUT2D eigenvalue weighted by molar-refractivity contribution is 6.62. The summed E-state index contributed by atoms with van der Waals surface area (Å²) in [6, 6.07) is 1.45. The average Bonchev–Trinajstić information content (AvgIpc) is 2.46. The van der Waals surface area contributed by atoms with Gasteiger partial charge >= 0.3 is 7.12 Å². The monoisotopic (exact) mass is 284 g/mol. The SMILES string of the molecule is CC1(C)OB(c2cnc(N)cc2CC(F)F)OC1(C)C. The molecule has 0 unspecified atom stereocenters. The molecule has 1 aliphatic rings. The second kappa shape index (κ2) is 4.97. The van der Waals surface area contributed by atoms with E-state index < -0.39 is 31.2 Å². The topological polar surface area (TPSA) is 57.4 Å². The molecular weight excluding hydrogens is 265 g/mol. The zero-order valence-electron chi connectivity index (χ0n) is 12.1.